The van der Waals surface area contributed by atoms with Crippen molar-refractivity contribution in [3.05, 3.63) is 58.9 Å². The number of carboxylic acids is 1. The molecule has 0 aliphatic heterocycles. The van der Waals surface area contributed by atoms with Crippen molar-refractivity contribution in [1.82, 2.24) is 20.2 Å². The molecule has 2 heterocycles. The Morgan fingerprint density at radius 1 is 1.23 bits per heavy atom. The molecule has 0 radical (unpaired) electrons. The first-order chi connectivity index (χ1) is 12.6. The predicted molar refractivity (Wildman–Crippen MR) is 95.7 cm³/mol. The van der Waals surface area contributed by atoms with Crippen molar-refractivity contribution in [3.8, 4) is 17.0 Å². The number of benzene rings is 2. The van der Waals surface area contributed by atoms with Gasteiger partial charge in [-0.05, 0) is 48.9 Å². The van der Waals surface area contributed by atoms with Crippen LogP contribution < -0.4 is 0 Å². The van der Waals surface area contributed by atoms with Gasteiger partial charge in [0.15, 0.2) is 11.5 Å². The third-order valence-electron chi connectivity index (χ3n) is 4.11. The Balaban J connectivity index is 1.87. The maximum atomic E-state index is 11.3. The zero-order valence-corrected chi connectivity index (χ0v) is 14.4. The molecule has 0 amide bonds. The van der Waals surface area contributed by atoms with Gasteiger partial charge in [0.25, 0.3) is 0 Å². The Labute approximate surface area is 152 Å². The Bertz CT molecular complexity index is 1120. The van der Waals surface area contributed by atoms with Crippen LogP contribution in [0.5, 0.6) is 0 Å². The summed E-state index contributed by atoms with van der Waals surface area (Å²) < 4.78 is 7.03. The van der Waals surface area contributed by atoms with Crippen molar-refractivity contribution >= 4 is 28.5 Å². The van der Waals surface area contributed by atoms with E-state index in [1.807, 2.05) is 25.1 Å². The highest BCUT2D eigenvalue weighted by Gasteiger charge is 2.19. The lowest BCUT2D eigenvalue weighted by molar-refractivity contribution is 0.0689. The van der Waals surface area contributed by atoms with E-state index in [9.17, 15) is 9.90 Å². The van der Waals surface area contributed by atoms with E-state index in [0.29, 0.717) is 34.1 Å². The number of nitrogens with zero attached hydrogens (tertiary/aromatic N) is 4. The molecule has 2 aromatic carbocycles. The zero-order valence-electron chi connectivity index (χ0n) is 13.7. The predicted octanol–water partition coefficient (Wildman–Crippen LogP) is 3.99. The molecule has 8 heteroatoms. The number of aromatic carboxylic acids is 1. The van der Waals surface area contributed by atoms with Crippen molar-refractivity contribution in [3.63, 3.8) is 0 Å². The molecule has 4 aromatic rings. The second kappa shape index (κ2) is 6.27. The summed E-state index contributed by atoms with van der Waals surface area (Å²) in [7, 11) is 0. The van der Waals surface area contributed by atoms with Crippen LogP contribution in [0.2, 0.25) is 5.02 Å². The van der Waals surface area contributed by atoms with Crippen molar-refractivity contribution in [1.29, 1.82) is 0 Å². The largest absolute Gasteiger partial charge is 0.476 e. The molecule has 130 valence electrons. The SMILES string of the molecule is CCc1c(C(=O)O)nnn1-c1ccc2noc(-c3ccc(Cl)cc3)c2c1. The van der Waals surface area contributed by atoms with E-state index in [1.54, 1.807) is 24.3 Å². The van der Waals surface area contributed by atoms with Crippen LogP contribution in [0.25, 0.3) is 27.9 Å². The molecule has 0 saturated carbocycles. The molecular formula is C18H13ClN4O3. The minimum atomic E-state index is -1.10. The van der Waals surface area contributed by atoms with Gasteiger partial charge >= 0.3 is 5.97 Å². The Kier molecular flexibility index (Phi) is 3.93. The minimum Gasteiger partial charge on any atom is -0.476 e. The van der Waals surface area contributed by atoms with E-state index in [2.05, 4.69) is 15.5 Å². The molecule has 7 nitrogen and oxygen atoms in total. The smallest absolute Gasteiger partial charge is 0.358 e. The van der Waals surface area contributed by atoms with Crippen molar-refractivity contribution in [2.45, 2.75) is 13.3 Å². The number of aromatic nitrogens is 4. The highest BCUT2D eigenvalue weighted by molar-refractivity contribution is 6.30. The molecular weight excluding hydrogens is 356 g/mol. The molecule has 2 aromatic heterocycles. The highest BCUT2D eigenvalue weighted by Crippen LogP contribution is 2.31. The molecule has 1 N–H and O–H groups in total. The van der Waals surface area contributed by atoms with Crippen LogP contribution in [0.15, 0.2) is 47.0 Å². The van der Waals surface area contributed by atoms with Crippen LogP contribution in [0.3, 0.4) is 0 Å². The molecule has 0 saturated heterocycles. The lowest BCUT2D eigenvalue weighted by Crippen LogP contribution is -2.05. The van der Waals surface area contributed by atoms with Gasteiger partial charge in [-0.2, -0.15) is 0 Å². The summed E-state index contributed by atoms with van der Waals surface area (Å²) in [4.78, 5) is 11.3. The van der Waals surface area contributed by atoms with E-state index in [4.69, 9.17) is 16.1 Å². The fraction of sp³-hybridized carbons (Fsp3) is 0.111. The quantitative estimate of drug-likeness (QED) is 0.585. The molecule has 0 spiro atoms. The summed E-state index contributed by atoms with van der Waals surface area (Å²) in [5.74, 6) is -0.490. The van der Waals surface area contributed by atoms with Crippen molar-refractivity contribution < 1.29 is 14.4 Å². The monoisotopic (exact) mass is 368 g/mol. The summed E-state index contributed by atoms with van der Waals surface area (Å²) in [6.07, 6.45) is 0.486. The van der Waals surface area contributed by atoms with Crippen LogP contribution in [-0.4, -0.2) is 31.2 Å². The molecule has 0 bridgehead atoms. The molecule has 0 aliphatic carbocycles. The highest BCUT2D eigenvalue weighted by atomic mass is 35.5. The van der Waals surface area contributed by atoms with Gasteiger partial charge in [0.2, 0.25) is 0 Å². The van der Waals surface area contributed by atoms with Crippen LogP contribution in [-0.2, 0) is 6.42 Å². The van der Waals surface area contributed by atoms with Crippen LogP contribution in [0.1, 0.15) is 23.1 Å². The standard InChI is InChI=1S/C18H13ClN4O3/c1-2-15-16(18(24)25)20-22-23(15)12-7-8-14-13(9-12)17(26-21-14)10-3-5-11(19)6-4-10/h3-9H,2H2,1H3,(H,24,25). The van der Waals surface area contributed by atoms with E-state index in [1.165, 1.54) is 4.68 Å². The summed E-state index contributed by atoms with van der Waals surface area (Å²) in [6, 6.07) is 12.7. The fourth-order valence-corrected chi connectivity index (χ4v) is 2.99. The fourth-order valence-electron chi connectivity index (χ4n) is 2.86. The first-order valence-corrected chi connectivity index (χ1v) is 8.30. The van der Waals surface area contributed by atoms with Crippen molar-refractivity contribution in [2.24, 2.45) is 0 Å². The number of carbonyl (C=O) groups is 1. The second-order valence-electron chi connectivity index (χ2n) is 5.68. The minimum absolute atomic E-state index is 0.0455. The molecule has 26 heavy (non-hydrogen) atoms. The summed E-state index contributed by atoms with van der Waals surface area (Å²) in [6.45, 7) is 1.86. The number of hydrogen-bond donors (Lipinski definition) is 1. The molecule has 0 unspecified atom stereocenters. The lowest BCUT2D eigenvalue weighted by atomic mass is 10.1. The Morgan fingerprint density at radius 2 is 2.00 bits per heavy atom. The molecule has 4 rings (SSSR count). The van der Waals surface area contributed by atoms with Gasteiger partial charge in [0.05, 0.1) is 16.8 Å². The maximum Gasteiger partial charge on any atom is 0.358 e. The Hall–Kier alpha value is -3.19. The average Bonchev–Trinajstić information content (AvgIpc) is 3.25. The zero-order chi connectivity index (χ0) is 18.3. The third kappa shape index (κ3) is 2.62. The van der Waals surface area contributed by atoms with E-state index >= 15 is 0 Å². The summed E-state index contributed by atoms with van der Waals surface area (Å²) >= 11 is 5.95. The summed E-state index contributed by atoms with van der Waals surface area (Å²) in [5, 5.41) is 22.5. The van der Waals surface area contributed by atoms with Crippen LogP contribution in [0, 0.1) is 0 Å². The van der Waals surface area contributed by atoms with Gasteiger partial charge in [-0.15, -0.1) is 5.10 Å². The van der Waals surface area contributed by atoms with Gasteiger partial charge in [0.1, 0.15) is 5.52 Å². The van der Waals surface area contributed by atoms with Gasteiger partial charge < -0.3 is 9.63 Å². The average molecular weight is 369 g/mol. The van der Waals surface area contributed by atoms with E-state index in [0.717, 1.165) is 10.9 Å². The lowest BCUT2D eigenvalue weighted by Gasteiger charge is -2.05. The van der Waals surface area contributed by atoms with E-state index in [-0.39, 0.29) is 5.69 Å². The van der Waals surface area contributed by atoms with Crippen LogP contribution >= 0.6 is 11.6 Å². The number of hydrogen-bond acceptors (Lipinski definition) is 5. The number of carboxylic acid groups (broad SMARTS) is 1. The van der Waals surface area contributed by atoms with Gasteiger partial charge in [-0.3, -0.25) is 0 Å². The van der Waals surface area contributed by atoms with Gasteiger partial charge in [-0.1, -0.05) is 28.9 Å². The molecule has 0 aliphatic rings. The topological polar surface area (TPSA) is 94.0 Å². The van der Waals surface area contributed by atoms with Gasteiger partial charge in [0, 0.05) is 10.6 Å². The third-order valence-corrected chi connectivity index (χ3v) is 4.36. The first-order valence-electron chi connectivity index (χ1n) is 7.92. The second-order valence-corrected chi connectivity index (χ2v) is 6.11. The van der Waals surface area contributed by atoms with E-state index < -0.39 is 5.97 Å². The Morgan fingerprint density at radius 3 is 2.69 bits per heavy atom. The summed E-state index contributed by atoms with van der Waals surface area (Å²) in [5.41, 5.74) is 2.70. The molecule has 0 atom stereocenters. The van der Waals surface area contributed by atoms with Crippen molar-refractivity contribution in [2.75, 3.05) is 0 Å². The number of fused-ring (bicyclic) bond motifs is 1. The number of halogens is 1. The normalized spacial score (nSPS) is 11.2. The maximum absolute atomic E-state index is 11.3. The van der Waals surface area contributed by atoms with Crippen LogP contribution in [0.4, 0.5) is 0 Å². The first kappa shape index (κ1) is 16.3. The molecule has 0 fully saturated rings. The number of rotatable bonds is 4. The van der Waals surface area contributed by atoms with Gasteiger partial charge in [-0.25, -0.2) is 9.48 Å².